The quantitative estimate of drug-likeness (QED) is 0.116. The lowest BCUT2D eigenvalue weighted by Gasteiger charge is -2.40. The molecular weight excluding hydrogens is 652 g/mol. The highest BCUT2D eigenvalue weighted by atomic mass is 16.6. The highest BCUT2D eigenvalue weighted by molar-refractivity contribution is 5.70. The number of carbonyl (C=O) groups is 2. The second-order valence-corrected chi connectivity index (χ2v) is 16.2. The number of cyclic esters (lactones) is 1. The van der Waals surface area contributed by atoms with Crippen LogP contribution in [-0.2, 0) is 19.0 Å². The zero-order chi connectivity index (χ0) is 37.3. The number of hydrogen-bond acceptors (Lipinski definition) is 10. The highest BCUT2D eigenvalue weighted by Crippen LogP contribution is 2.34. The largest absolute Gasteiger partial charge is 0.457 e. The van der Waals surface area contributed by atoms with Gasteiger partial charge in [-0.1, -0.05) is 70.8 Å². The van der Waals surface area contributed by atoms with E-state index in [1.807, 2.05) is 27.7 Å². The van der Waals surface area contributed by atoms with Crippen LogP contribution in [0.3, 0.4) is 0 Å². The molecule has 10 unspecified atom stereocenters. The second kappa shape index (κ2) is 18.7. The Hall–Kier alpha value is -2.28. The number of aliphatic hydroxyl groups excluding tert-OH is 2. The van der Waals surface area contributed by atoms with Gasteiger partial charge in [0.1, 0.15) is 11.7 Å². The lowest BCUT2D eigenvalue weighted by molar-refractivity contribution is -0.151. The van der Waals surface area contributed by atoms with Gasteiger partial charge in [-0.3, -0.25) is 9.69 Å². The van der Waals surface area contributed by atoms with Gasteiger partial charge in [-0.05, 0) is 64.5 Å². The fourth-order valence-electron chi connectivity index (χ4n) is 8.13. The molecule has 0 bridgehead atoms. The lowest BCUT2D eigenvalue weighted by Crippen LogP contribution is -2.53. The summed E-state index contributed by atoms with van der Waals surface area (Å²) in [6, 6.07) is 0.579. The van der Waals surface area contributed by atoms with E-state index in [1.165, 1.54) is 38.5 Å². The minimum Gasteiger partial charge on any atom is -0.457 e. The molecule has 0 spiro atoms. The molecule has 11 heteroatoms. The van der Waals surface area contributed by atoms with Crippen molar-refractivity contribution in [1.82, 2.24) is 9.80 Å². The maximum atomic E-state index is 13.5. The molecule has 4 aliphatic rings. The summed E-state index contributed by atoms with van der Waals surface area (Å²) < 4.78 is 17.9. The monoisotopic (exact) mass is 718 g/mol. The molecule has 1 aliphatic carbocycles. The summed E-state index contributed by atoms with van der Waals surface area (Å²) in [6.07, 6.45) is 12.7. The van der Waals surface area contributed by atoms with Gasteiger partial charge in [0.05, 0.1) is 36.4 Å². The minimum absolute atomic E-state index is 0.0102. The third-order valence-electron chi connectivity index (χ3n) is 11.6. The molecule has 10 atom stereocenters. The van der Waals surface area contributed by atoms with Crippen LogP contribution >= 0.6 is 0 Å². The van der Waals surface area contributed by atoms with E-state index < -0.39 is 53.8 Å². The van der Waals surface area contributed by atoms with Crippen LogP contribution in [0.25, 0.3) is 0 Å². The number of carbonyl (C=O) groups excluding carboxylic acids is 2. The molecule has 2 saturated heterocycles. The number of rotatable bonds is 8. The van der Waals surface area contributed by atoms with Gasteiger partial charge in [-0.15, -0.1) is 0 Å². The third-order valence-corrected chi connectivity index (χ3v) is 11.6. The first-order chi connectivity index (χ1) is 24.1. The van der Waals surface area contributed by atoms with Gasteiger partial charge in [-0.25, -0.2) is 4.79 Å². The first kappa shape index (κ1) is 41.5. The molecular formula is C40H66N2O9. The van der Waals surface area contributed by atoms with E-state index in [2.05, 4.69) is 4.90 Å². The van der Waals surface area contributed by atoms with Gasteiger partial charge in [0, 0.05) is 50.5 Å². The summed E-state index contributed by atoms with van der Waals surface area (Å²) >= 11 is 0. The number of ether oxygens (including phenoxy) is 3. The number of aliphatic hydroxyl groups is 4. The van der Waals surface area contributed by atoms with Gasteiger partial charge < -0.3 is 39.5 Å². The fraction of sp³-hybridized carbons (Fsp3) is 0.800. The smallest absolute Gasteiger partial charge is 0.410 e. The number of piperazine rings is 1. The van der Waals surface area contributed by atoms with Crippen molar-refractivity contribution in [2.45, 2.75) is 166 Å². The van der Waals surface area contributed by atoms with Crippen molar-refractivity contribution < 1.29 is 44.2 Å². The first-order valence-corrected chi connectivity index (χ1v) is 19.5. The molecule has 11 nitrogen and oxygen atoms in total. The molecule has 4 N–H and O–H groups in total. The minimum atomic E-state index is -1.49. The third kappa shape index (κ3) is 11.9. The normalized spacial score (nSPS) is 37.6. The first-order valence-electron chi connectivity index (χ1n) is 19.5. The van der Waals surface area contributed by atoms with E-state index in [1.54, 1.807) is 49.1 Å². The van der Waals surface area contributed by atoms with Crippen molar-refractivity contribution in [3.05, 3.63) is 36.0 Å². The van der Waals surface area contributed by atoms with Crippen molar-refractivity contribution >= 4 is 12.1 Å². The molecule has 0 aromatic heterocycles. The maximum absolute atomic E-state index is 13.5. The number of allylic oxidation sites excluding steroid dienone is 2. The Morgan fingerprint density at radius 1 is 1.06 bits per heavy atom. The van der Waals surface area contributed by atoms with Gasteiger partial charge in [0.2, 0.25) is 0 Å². The Morgan fingerprint density at radius 3 is 2.35 bits per heavy atom. The van der Waals surface area contributed by atoms with Gasteiger partial charge >= 0.3 is 12.1 Å². The molecule has 3 aliphatic heterocycles. The zero-order valence-corrected chi connectivity index (χ0v) is 31.9. The summed E-state index contributed by atoms with van der Waals surface area (Å²) in [6.45, 7) is 13.7. The van der Waals surface area contributed by atoms with Crippen LogP contribution in [0, 0.1) is 11.8 Å². The molecule has 51 heavy (non-hydrogen) atoms. The molecule has 1 saturated carbocycles. The Morgan fingerprint density at radius 2 is 1.73 bits per heavy atom. The topological polar surface area (TPSA) is 149 Å². The lowest BCUT2D eigenvalue weighted by atomic mass is 9.88. The van der Waals surface area contributed by atoms with Crippen LogP contribution in [0.1, 0.15) is 112 Å². The number of hydrogen-bond donors (Lipinski definition) is 4. The van der Waals surface area contributed by atoms with Gasteiger partial charge in [0.15, 0.2) is 6.10 Å². The van der Waals surface area contributed by atoms with Gasteiger partial charge in [0.25, 0.3) is 0 Å². The number of nitrogens with zero attached hydrogens (tertiary/aromatic N) is 2. The van der Waals surface area contributed by atoms with Crippen molar-refractivity contribution in [2.24, 2.45) is 11.8 Å². The maximum Gasteiger partial charge on any atom is 0.410 e. The van der Waals surface area contributed by atoms with Crippen molar-refractivity contribution in [3.8, 4) is 0 Å². The summed E-state index contributed by atoms with van der Waals surface area (Å²) in [7, 11) is 0. The molecule has 0 aromatic rings. The SMILES string of the molecule is CCC1OC(CC(C)(O)/C=C/C=C(\C)C2OC(=O)CC(O)CCC(C)(O)C(OC(=O)N3CCN(C4CCCCCC4)CC3)/C=C/C2C)C(O)C1C. The number of amides is 1. The van der Waals surface area contributed by atoms with Crippen LogP contribution in [0.15, 0.2) is 36.0 Å². The molecule has 3 fully saturated rings. The van der Waals surface area contributed by atoms with Crippen molar-refractivity contribution in [2.75, 3.05) is 26.2 Å². The Kier molecular flexibility index (Phi) is 15.2. The average molecular weight is 719 g/mol. The zero-order valence-electron chi connectivity index (χ0n) is 31.9. The highest BCUT2D eigenvalue weighted by Gasteiger charge is 2.42. The molecule has 3 heterocycles. The van der Waals surface area contributed by atoms with Crippen LogP contribution < -0.4 is 0 Å². The van der Waals surface area contributed by atoms with E-state index in [9.17, 15) is 30.0 Å². The van der Waals surface area contributed by atoms with Crippen LogP contribution in [0.4, 0.5) is 4.79 Å². The molecule has 290 valence electrons. The van der Waals surface area contributed by atoms with E-state index in [0.717, 1.165) is 19.5 Å². The summed E-state index contributed by atoms with van der Waals surface area (Å²) in [5, 5.41) is 44.0. The Balaban J connectivity index is 1.44. The summed E-state index contributed by atoms with van der Waals surface area (Å²) in [4.78, 5) is 30.6. The van der Waals surface area contributed by atoms with Crippen LogP contribution in [0.5, 0.6) is 0 Å². The van der Waals surface area contributed by atoms with E-state index in [4.69, 9.17) is 14.2 Å². The van der Waals surface area contributed by atoms with Crippen LogP contribution in [0.2, 0.25) is 0 Å². The van der Waals surface area contributed by atoms with Crippen molar-refractivity contribution in [1.29, 1.82) is 0 Å². The predicted molar refractivity (Wildman–Crippen MR) is 196 cm³/mol. The average Bonchev–Trinajstić information content (AvgIpc) is 3.24. The van der Waals surface area contributed by atoms with E-state index in [-0.39, 0.29) is 43.6 Å². The predicted octanol–water partition coefficient (Wildman–Crippen LogP) is 5.05. The molecule has 1 amide bonds. The Bertz CT molecular complexity index is 1220. The fourth-order valence-corrected chi connectivity index (χ4v) is 8.13. The molecule has 0 aromatic carbocycles. The standard InChI is InChI=1S/C40H66N2O9/c1-7-32-29(4)36(45)33(49-32)26-39(5,47)19-12-13-27(2)37-28(3)16-17-34(40(6,48)20-18-31(43)25-35(44)51-37)50-38(46)42-23-21-41(22-24-42)30-14-10-8-9-11-15-30/h12-13,16-17,19,28-34,36-37,43,45,47-48H,7-11,14-15,18,20-26H2,1-6H3/b17-16+,19-12+,27-13+. The Labute approximate surface area is 305 Å². The summed E-state index contributed by atoms with van der Waals surface area (Å²) in [5.74, 6) is -0.955. The van der Waals surface area contributed by atoms with E-state index in [0.29, 0.717) is 24.7 Å². The van der Waals surface area contributed by atoms with Gasteiger partial charge in [-0.2, -0.15) is 0 Å². The second-order valence-electron chi connectivity index (χ2n) is 16.2. The van der Waals surface area contributed by atoms with E-state index >= 15 is 0 Å². The molecule has 0 radical (unpaired) electrons. The molecule has 4 rings (SSSR count). The number of esters is 1. The van der Waals surface area contributed by atoms with Crippen LogP contribution in [-0.4, -0.2) is 122 Å². The van der Waals surface area contributed by atoms with Crippen molar-refractivity contribution in [3.63, 3.8) is 0 Å². The summed E-state index contributed by atoms with van der Waals surface area (Å²) in [5.41, 5.74) is -2.05.